The fourth-order valence-electron chi connectivity index (χ4n) is 1.46. The number of halogens is 1. The minimum atomic E-state index is -0.267. The molecule has 1 N–H and O–H groups in total. The first-order valence-corrected chi connectivity index (χ1v) is 8.94. The zero-order valence-electron chi connectivity index (χ0n) is 11.8. The first-order valence-electron chi connectivity index (χ1n) is 6.34. The number of benzene rings is 1. The molecule has 0 spiro atoms. The zero-order valence-corrected chi connectivity index (χ0v) is 15.1. The summed E-state index contributed by atoms with van der Waals surface area (Å²) in [5, 5.41) is 11.0. The number of hydrogen-bond acceptors (Lipinski definition) is 6. The first kappa shape index (κ1) is 17.0. The highest BCUT2D eigenvalue weighted by atomic mass is 79.9. The number of aryl methyl sites for hydroxylation is 1. The Kier molecular flexibility index (Phi) is 6.41. The normalized spacial score (nSPS) is 10.3. The maximum absolute atomic E-state index is 11.8. The average molecular weight is 400 g/mol. The molecule has 5 nitrogen and oxygen atoms in total. The van der Waals surface area contributed by atoms with Crippen molar-refractivity contribution in [2.75, 3.05) is 17.7 Å². The Morgan fingerprint density at radius 1 is 1.55 bits per heavy atom. The van der Waals surface area contributed by atoms with Crippen LogP contribution < -0.4 is 10.1 Å². The molecule has 8 heteroatoms. The molecule has 0 fully saturated rings. The minimum absolute atomic E-state index is 0.0736. The molecule has 1 amide bonds. The topological polar surface area (TPSA) is 64.1 Å². The molecule has 1 aromatic heterocycles. The summed E-state index contributed by atoms with van der Waals surface area (Å²) >= 11 is 6.26. The summed E-state index contributed by atoms with van der Waals surface area (Å²) in [6.45, 7) is 5.53. The third kappa shape index (κ3) is 5.11. The van der Waals surface area contributed by atoms with Gasteiger partial charge in [-0.05, 0) is 30.7 Å². The number of thioether (sulfide) groups is 1. The van der Waals surface area contributed by atoms with Crippen molar-refractivity contribution in [3.8, 4) is 5.75 Å². The van der Waals surface area contributed by atoms with Crippen LogP contribution in [0.5, 0.6) is 5.75 Å². The van der Waals surface area contributed by atoms with Crippen LogP contribution in [0, 0.1) is 6.92 Å². The van der Waals surface area contributed by atoms with Crippen LogP contribution in [0.2, 0.25) is 0 Å². The van der Waals surface area contributed by atoms with Gasteiger partial charge in [-0.3, -0.25) is 10.1 Å². The van der Waals surface area contributed by atoms with Crippen LogP contribution in [0.25, 0.3) is 0 Å². The third-order valence-corrected chi connectivity index (χ3v) is 5.33. The average Bonchev–Trinajstić information content (AvgIpc) is 2.94. The van der Waals surface area contributed by atoms with E-state index in [0.29, 0.717) is 10.9 Å². The van der Waals surface area contributed by atoms with Crippen molar-refractivity contribution in [2.45, 2.75) is 11.3 Å². The van der Waals surface area contributed by atoms with Crippen molar-refractivity contribution in [3.05, 3.63) is 40.9 Å². The van der Waals surface area contributed by atoms with Gasteiger partial charge in [0.05, 0.1) is 0 Å². The van der Waals surface area contributed by atoms with Gasteiger partial charge in [0.2, 0.25) is 5.13 Å². The Hall–Kier alpha value is -1.38. The van der Waals surface area contributed by atoms with Crippen molar-refractivity contribution in [1.29, 1.82) is 0 Å². The second-order valence-electron chi connectivity index (χ2n) is 4.22. The van der Waals surface area contributed by atoms with Crippen molar-refractivity contribution in [1.82, 2.24) is 10.2 Å². The maximum atomic E-state index is 11.8. The molecule has 2 aromatic rings. The van der Waals surface area contributed by atoms with Gasteiger partial charge in [0.15, 0.2) is 10.9 Å². The van der Waals surface area contributed by atoms with E-state index in [-0.39, 0.29) is 12.5 Å². The van der Waals surface area contributed by atoms with Gasteiger partial charge in [-0.15, -0.1) is 16.8 Å². The molecule has 1 heterocycles. The van der Waals surface area contributed by atoms with Crippen LogP contribution in [-0.2, 0) is 4.79 Å². The molecule has 0 atom stereocenters. The molecular weight excluding hydrogens is 386 g/mol. The van der Waals surface area contributed by atoms with Crippen molar-refractivity contribution >= 4 is 50.1 Å². The number of rotatable bonds is 7. The molecule has 0 saturated carbocycles. The maximum Gasteiger partial charge on any atom is 0.264 e. The second kappa shape index (κ2) is 8.30. The van der Waals surface area contributed by atoms with Crippen LogP contribution in [0.4, 0.5) is 5.13 Å². The molecule has 0 saturated heterocycles. The number of carbonyl (C=O) groups is 1. The van der Waals surface area contributed by atoms with E-state index in [1.165, 1.54) is 23.1 Å². The summed E-state index contributed by atoms with van der Waals surface area (Å²) in [5.41, 5.74) is 1.05. The highest BCUT2D eigenvalue weighted by molar-refractivity contribution is 9.10. The van der Waals surface area contributed by atoms with E-state index in [0.717, 1.165) is 20.1 Å². The quantitative estimate of drug-likeness (QED) is 0.434. The van der Waals surface area contributed by atoms with Gasteiger partial charge in [0, 0.05) is 10.2 Å². The summed E-state index contributed by atoms with van der Waals surface area (Å²) < 4.78 is 7.25. The van der Waals surface area contributed by atoms with Crippen LogP contribution >= 0.6 is 39.0 Å². The lowest BCUT2D eigenvalue weighted by Gasteiger charge is -2.07. The summed E-state index contributed by atoms with van der Waals surface area (Å²) in [6, 6.07) is 5.56. The zero-order chi connectivity index (χ0) is 15.9. The molecule has 0 aliphatic rings. The molecule has 116 valence electrons. The summed E-state index contributed by atoms with van der Waals surface area (Å²) in [5.74, 6) is 1.14. The number of amides is 1. The number of nitrogens with one attached hydrogen (secondary N) is 1. The van der Waals surface area contributed by atoms with Crippen molar-refractivity contribution in [2.24, 2.45) is 0 Å². The molecule has 0 radical (unpaired) electrons. The Labute approximate surface area is 145 Å². The number of aromatic nitrogens is 2. The number of anilines is 1. The van der Waals surface area contributed by atoms with Gasteiger partial charge >= 0.3 is 0 Å². The molecule has 1 aromatic carbocycles. The van der Waals surface area contributed by atoms with Crippen LogP contribution in [0.15, 0.2) is 39.7 Å². The Balaban J connectivity index is 1.83. The summed E-state index contributed by atoms with van der Waals surface area (Å²) in [7, 11) is 0. The van der Waals surface area contributed by atoms with Crippen LogP contribution in [-0.4, -0.2) is 28.5 Å². The van der Waals surface area contributed by atoms with E-state index in [1.807, 2.05) is 19.1 Å². The fraction of sp³-hybridized carbons (Fsp3) is 0.214. The monoisotopic (exact) mass is 399 g/mol. The Morgan fingerprint density at radius 2 is 2.36 bits per heavy atom. The van der Waals surface area contributed by atoms with Gasteiger partial charge in [-0.2, -0.15) is 0 Å². The van der Waals surface area contributed by atoms with Crippen LogP contribution in [0.1, 0.15) is 5.56 Å². The fourth-order valence-corrected chi connectivity index (χ4v) is 3.24. The summed E-state index contributed by atoms with van der Waals surface area (Å²) in [6.07, 6.45) is 1.79. The largest absolute Gasteiger partial charge is 0.484 e. The predicted octanol–water partition coefficient (Wildman–Crippen LogP) is 3.90. The Morgan fingerprint density at radius 3 is 3.09 bits per heavy atom. The first-order chi connectivity index (χ1) is 10.6. The number of ether oxygens (including phenoxy) is 1. The second-order valence-corrected chi connectivity index (χ2v) is 7.32. The Bertz CT molecular complexity index is 676. The number of hydrogen-bond donors (Lipinski definition) is 1. The van der Waals surface area contributed by atoms with Gasteiger partial charge in [0.1, 0.15) is 5.75 Å². The molecule has 2 rings (SSSR count). The van der Waals surface area contributed by atoms with E-state index in [4.69, 9.17) is 4.74 Å². The van der Waals surface area contributed by atoms with Crippen molar-refractivity contribution in [3.63, 3.8) is 0 Å². The van der Waals surface area contributed by atoms with Gasteiger partial charge in [-0.25, -0.2) is 0 Å². The molecular formula is C14H14BrN3O2S2. The predicted molar refractivity (Wildman–Crippen MR) is 93.8 cm³/mol. The lowest BCUT2D eigenvalue weighted by molar-refractivity contribution is -0.118. The van der Waals surface area contributed by atoms with E-state index >= 15 is 0 Å². The standard InChI is InChI=1S/C14H14BrN3O2S2/c1-3-6-21-14-18-17-13(22-14)16-12(19)8-20-10-4-5-11(15)9(2)7-10/h3-5,7H,1,6,8H2,2H3,(H,16,17,19). The molecule has 22 heavy (non-hydrogen) atoms. The lowest BCUT2D eigenvalue weighted by atomic mass is 10.2. The van der Waals surface area contributed by atoms with Crippen molar-refractivity contribution < 1.29 is 9.53 Å². The van der Waals surface area contributed by atoms with Gasteiger partial charge < -0.3 is 4.74 Å². The third-order valence-electron chi connectivity index (χ3n) is 2.48. The van der Waals surface area contributed by atoms with Gasteiger partial charge in [0.25, 0.3) is 5.91 Å². The van der Waals surface area contributed by atoms with Gasteiger partial charge in [-0.1, -0.05) is 45.1 Å². The minimum Gasteiger partial charge on any atom is -0.484 e. The summed E-state index contributed by atoms with van der Waals surface area (Å²) in [4.78, 5) is 11.8. The molecule has 0 unspecified atom stereocenters. The van der Waals surface area contributed by atoms with E-state index in [1.54, 1.807) is 12.1 Å². The highest BCUT2D eigenvalue weighted by Crippen LogP contribution is 2.25. The smallest absolute Gasteiger partial charge is 0.264 e. The highest BCUT2D eigenvalue weighted by Gasteiger charge is 2.09. The molecule has 0 aliphatic carbocycles. The number of nitrogens with zero attached hydrogens (tertiary/aromatic N) is 2. The van der Waals surface area contributed by atoms with Crippen LogP contribution in [0.3, 0.4) is 0 Å². The van der Waals surface area contributed by atoms with E-state index in [9.17, 15) is 4.79 Å². The van der Waals surface area contributed by atoms with E-state index in [2.05, 4.69) is 38.0 Å². The SMILES string of the molecule is C=CCSc1nnc(NC(=O)COc2ccc(Br)c(C)c2)s1. The lowest BCUT2D eigenvalue weighted by Crippen LogP contribution is -2.20. The van der Waals surface area contributed by atoms with E-state index < -0.39 is 0 Å². The molecule has 0 aliphatic heterocycles. The number of carbonyl (C=O) groups excluding carboxylic acids is 1. The molecule has 0 bridgehead atoms.